The SMILES string of the molecule is NS(=O)(=O)c1ccc(CCNC(=O)CNCCCc2ccccc2)cc1.O=C(O)C(=O)O. The van der Waals surface area contributed by atoms with Crippen LogP contribution in [0.4, 0.5) is 0 Å². The van der Waals surface area contributed by atoms with Crippen LogP contribution in [0.5, 0.6) is 0 Å². The van der Waals surface area contributed by atoms with E-state index in [0.29, 0.717) is 19.5 Å². The van der Waals surface area contributed by atoms with Crippen LogP contribution in [0.3, 0.4) is 0 Å². The summed E-state index contributed by atoms with van der Waals surface area (Å²) in [5, 5.41) is 25.8. The summed E-state index contributed by atoms with van der Waals surface area (Å²) in [6.45, 7) is 1.58. The van der Waals surface area contributed by atoms with E-state index < -0.39 is 22.0 Å². The van der Waals surface area contributed by atoms with Gasteiger partial charge in [0, 0.05) is 6.54 Å². The van der Waals surface area contributed by atoms with E-state index in [4.69, 9.17) is 24.9 Å². The number of hydrogen-bond acceptors (Lipinski definition) is 6. The van der Waals surface area contributed by atoms with Crippen molar-refractivity contribution in [3.63, 3.8) is 0 Å². The van der Waals surface area contributed by atoms with Crippen molar-refractivity contribution in [3.8, 4) is 0 Å². The molecule has 0 saturated carbocycles. The van der Waals surface area contributed by atoms with Crippen molar-refractivity contribution in [2.75, 3.05) is 19.6 Å². The maximum absolute atomic E-state index is 11.8. The summed E-state index contributed by atoms with van der Waals surface area (Å²) in [4.78, 5) is 30.1. The number of nitrogens with two attached hydrogens (primary N) is 1. The highest BCUT2D eigenvalue weighted by Gasteiger charge is 2.07. The van der Waals surface area contributed by atoms with Crippen molar-refractivity contribution in [1.82, 2.24) is 10.6 Å². The molecule has 10 nitrogen and oxygen atoms in total. The third kappa shape index (κ3) is 11.8. The number of carboxylic acid groups (broad SMARTS) is 2. The fourth-order valence-electron chi connectivity index (χ4n) is 2.52. The highest BCUT2D eigenvalue weighted by atomic mass is 32.2. The highest BCUT2D eigenvalue weighted by Crippen LogP contribution is 2.08. The number of nitrogens with one attached hydrogen (secondary N) is 2. The van der Waals surface area contributed by atoms with Crippen molar-refractivity contribution >= 4 is 27.9 Å². The van der Waals surface area contributed by atoms with E-state index in [0.717, 1.165) is 24.9 Å². The van der Waals surface area contributed by atoms with Crippen molar-refractivity contribution in [2.24, 2.45) is 5.14 Å². The van der Waals surface area contributed by atoms with Crippen molar-refractivity contribution in [1.29, 1.82) is 0 Å². The maximum atomic E-state index is 11.8. The summed E-state index contributed by atoms with van der Waals surface area (Å²) in [6, 6.07) is 16.6. The number of primary sulfonamides is 1. The third-order valence-electron chi connectivity index (χ3n) is 4.12. The zero-order valence-electron chi connectivity index (χ0n) is 17.4. The fourth-order valence-corrected chi connectivity index (χ4v) is 3.03. The Bertz CT molecular complexity index is 966. The number of aryl methyl sites for hydroxylation is 1. The van der Waals surface area contributed by atoms with E-state index in [1.54, 1.807) is 12.1 Å². The van der Waals surface area contributed by atoms with E-state index in [1.807, 2.05) is 18.2 Å². The minimum absolute atomic E-state index is 0.0501. The number of hydrogen-bond donors (Lipinski definition) is 5. The minimum Gasteiger partial charge on any atom is -0.473 e. The van der Waals surface area contributed by atoms with Crippen molar-refractivity contribution < 1.29 is 33.0 Å². The number of aliphatic carboxylic acids is 2. The lowest BCUT2D eigenvalue weighted by atomic mass is 10.1. The number of carbonyl (C=O) groups is 3. The molecule has 174 valence electrons. The molecule has 0 aliphatic heterocycles. The molecule has 0 aromatic heterocycles. The normalized spacial score (nSPS) is 10.5. The Morgan fingerprint density at radius 3 is 1.91 bits per heavy atom. The molecule has 0 heterocycles. The van der Waals surface area contributed by atoms with Gasteiger partial charge in [0.15, 0.2) is 0 Å². The molecule has 2 aromatic rings. The zero-order chi connectivity index (χ0) is 24.0. The Kier molecular flexibility index (Phi) is 11.6. The molecule has 0 aliphatic carbocycles. The molecule has 0 radical (unpaired) electrons. The number of amides is 1. The van der Waals surface area contributed by atoms with E-state index in [9.17, 15) is 13.2 Å². The van der Waals surface area contributed by atoms with E-state index >= 15 is 0 Å². The Labute approximate surface area is 186 Å². The van der Waals surface area contributed by atoms with Gasteiger partial charge in [-0.15, -0.1) is 0 Å². The van der Waals surface area contributed by atoms with E-state index in [1.165, 1.54) is 17.7 Å². The Hall–Kier alpha value is -3.28. The molecule has 11 heteroatoms. The van der Waals surface area contributed by atoms with Crippen LogP contribution in [0, 0.1) is 0 Å². The van der Waals surface area contributed by atoms with Crippen LogP contribution in [0.15, 0.2) is 59.5 Å². The van der Waals surface area contributed by atoms with E-state index in [-0.39, 0.29) is 10.8 Å². The number of benzene rings is 2. The van der Waals surface area contributed by atoms with Crippen LogP contribution < -0.4 is 15.8 Å². The lowest BCUT2D eigenvalue weighted by Gasteiger charge is -2.07. The number of rotatable bonds is 10. The first-order valence-electron chi connectivity index (χ1n) is 9.69. The third-order valence-corrected chi connectivity index (χ3v) is 5.05. The highest BCUT2D eigenvalue weighted by molar-refractivity contribution is 7.89. The summed E-state index contributed by atoms with van der Waals surface area (Å²) in [5.74, 6) is -3.70. The van der Waals surface area contributed by atoms with Gasteiger partial charge in [-0.1, -0.05) is 42.5 Å². The van der Waals surface area contributed by atoms with Crippen LogP contribution >= 0.6 is 0 Å². The number of carboxylic acids is 2. The minimum atomic E-state index is -3.66. The molecular formula is C21H27N3O7S. The molecule has 0 atom stereocenters. The topological polar surface area (TPSA) is 176 Å². The van der Waals surface area contributed by atoms with Gasteiger partial charge in [0.25, 0.3) is 0 Å². The standard InChI is InChI=1S/C19H25N3O3S.C2H2O4/c20-26(24,25)18-10-8-17(9-11-18)12-14-22-19(23)15-21-13-4-7-16-5-2-1-3-6-16;3-1(4)2(5)6/h1-3,5-6,8-11,21H,4,7,12-15H2,(H,22,23)(H2,20,24,25);(H,3,4)(H,5,6). The largest absolute Gasteiger partial charge is 0.473 e. The monoisotopic (exact) mass is 465 g/mol. The predicted molar refractivity (Wildman–Crippen MR) is 117 cm³/mol. The van der Waals surface area contributed by atoms with Gasteiger partial charge >= 0.3 is 11.9 Å². The molecule has 0 unspecified atom stereocenters. The molecule has 6 N–H and O–H groups in total. The first kappa shape index (κ1) is 26.8. The predicted octanol–water partition coefficient (Wildman–Crippen LogP) is 0.371. The van der Waals surface area contributed by atoms with Gasteiger partial charge in [-0.2, -0.15) is 0 Å². The fraction of sp³-hybridized carbons (Fsp3) is 0.286. The van der Waals surface area contributed by atoms with Gasteiger partial charge in [-0.3, -0.25) is 4.79 Å². The second-order valence-electron chi connectivity index (χ2n) is 6.67. The molecule has 0 saturated heterocycles. The summed E-state index contributed by atoms with van der Waals surface area (Å²) < 4.78 is 22.4. The maximum Gasteiger partial charge on any atom is 0.414 e. The van der Waals surface area contributed by atoms with Crippen LogP contribution in [0.2, 0.25) is 0 Å². The zero-order valence-corrected chi connectivity index (χ0v) is 18.2. The van der Waals surface area contributed by atoms with E-state index in [2.05, 4.69) is 22.8 Å². The Morgan fingerprint density at radius 1 is 0.812 bits per heavy atom. The molecular weight excluding hydrogens is 438 g/mol. The van der Waals surface area contributed by atoms with Crippen LogP contribution in [0.25, 0.3) is 0 Å². The smallest absolute Gasteiger partial charge is 0.414 e. The molecule has 2 aromatic carbocycles. The second kappa shape index (κ2) is 13.9. The Balaban J connectivity index is 0.000000751. The van der Waals surface area contributed by atoms with Gasteiger partial charge in [-0.25, -0.2) is 23.1 Å². The van der Waals surface area contributed by atoms with Gasteiger partial charge in [-0.05, 0) is 49.1 Å². The average molecular weight is 466 g/mol. The van der Waals surface area contributed by atoms with Gasteiger partial charge < -0.3 is 20.8 Å². The Morgan fingerprint density at radius 2 is 1.38 bits per heavy atom. The second-order valence-corrected chi connectivity index (χ2v) is 8.23. The molecule has 32 heavy (non-hydrogen) atoms. The molecule has 0 fully saturated rings. The molecule has 1 amide bonds. The summed E-state index contributed by atoms with van der Waals surface area (Å²) in [7, 11) is -3.66. The lowest BCUT2D eigenvalue weighted by Crippen LogP contribution is -2.35. The quantitative estimate of drug-likeness (QED) is 0.247. The molecule has 2 rings (SSSR count). The van der Waals surface area contributed by atoms with Crippen LogP contribution in [-0.4, -0.2) is 56.1 Å². The van der Waals surface area contributed by atoms with Gasteiger partial charge in [0.05, 0.1) is 11.4 Å². The van der Waals surface area contributed by atoms with Crippen LogP contribution in [0.1, 0.15) is 17.5 Å². The van der Waals surface area contributed by atoms with Crippen molar-refractivity contribution in [2.45, 2.75) is 24.2 Å². The first-order chi connectivity index (χ1) is 15.1. The van der Waals surface area contributed by atoms with Gasteiger partial charge in [0.2, 0.25) is 15.9 Å². The van der Waals surface area contributed by atoms with Crippen molar-refractivity contribution in [3.05, 3.63) is 65.7 Å². The first-order valence-corrected chi connectivity index (χ1v) is 11.2. The summed E-state index contributed by atoms with van der Waals surface area (Å²) >= 11 is 0. The molecule has 0 bridgehead atoms. The number of sulfonamides is 1. The summed E-state index contributed by atoms with van der Waals surface area (Å²) in [5.41, 5.74) is 2.24. The molecule has 0 aliphatic rings. The lowest BCUT2D eigenvalue weighted by molar-refractivity contribution is -0.159. The average Bonchev–Trinajstić information content (AvgIpc) is 2.74. The van der Waals surface area contributed by atoms with Gasteiger partial charge in [0.1, 0.15) is 0 Å². The molecule has 0 spiro atoms. The summed E-state index contributed by atoms with van der Waals surface area (Å²) in [6.07, 6.45) is 2.60. The number of carbonyl (C=O) groups excluding carboxylic acids is 1. The van der Waals surface area contributed by atoms with Crippen LogP contribution in [-0.2, 0) is 37.2 Å².